The Morgan fingerprint density at radius 3 is 3.00 bits per heavy atom. The van der Waals surface area contributed by atoms with Crippen LogP contribution in [0.1, 0.15) is 37.9 Å². The zero-order valence-electron chi connectivity index (χ0n) is 12.3. The first-order valence-electron chi connectivity index (χ1n) is 8.07. The third-order valence-electron chi connectivity index (χ3n) is 5.71. The monoisotopic (exact) mass is 272 g/mol. The summed E-state index contributed by atoms with van der Waals surface area (Å²) in [6.45, 7) is 7.46. The minimum absolute atomic E-state index is 0.409. The molecule has 3 aliphatic heterocycles. The predicted molar refractivity (Wildman–Crippen MR) is 78.2 cm³/mol. The lowest BCUT2D eigenvalue weighted by molar-refractivity contribution is 0.142. The molecule has 0 bridgehead atoms. The SMILES string of the molecule is C[C@H](c1cnccn1)N1C[C@@H]2CN3CCCC[C@@H]3[C@H]2C1. The van der Waals surface area contributed by atoms with E-state index in [-0.39, 0.29) is 0 Å². The van der Waals surface area contributed by atoms with Gasteiger partial charge in [0.1, 0.15) is 0 Å². The van der Waals surface area contributed by atoms with Gasteiger partial charge < -0.3 is 0 Å². The predicted octanol–water partition coefficient (Wildman–Crippen LogP) is 1.95. The molecule has 4 atom stereocenters. The zero-order chi connectivity index (χ0) is 13.5. The van der Waals surface area contributed by atoms with Crippen LogP contribution in [0.4, 0.5) is 0 Å². The van der Waals surface area contributed by atoms with Crippen LogP contribution in [0.2, 0.25) is 0 Å². The van der Waals surface area contributed by atoms with Crippen molar-refractivity contribution in [2.45, 2.75) is 38.3 Å². The molecule has 0 unspecified atom stereocenters. The number of likely N-dealkylation sites (tertiary alicyclic amines) is 1. The minimum Gasteiger partial charge on any atom is -0.300 e. The molecule has 0 aliphatic carbocycles. The topological polar surface area (TPSA) is 32.3 Å². The van der Waals surface area contributed by atoms with Gasteiger partial charge in [-0.25, -0.2) is 0 Å². The Labute approximate surface area is 121 Å². The Bertz CT molecular complexity index is 463. The summed E-state index contributed by atoms with van der Waals surface area (Å²) in [6, 6.07) is 1.28. The van der Waals surface area contributed by atoms with Gasteiger partial charge in [0.15, 0.2) is 0 Å². The van der Waals surface area contributed by atoms with E-state index in [0.29, 0.717) is 6.04 Å². The van der Waals surface area contributed by atoms with Gasteiger partial charge in [-0.1, -0.05) is 6.42 Å². The molecule has 0 N–H and O–H groups in total. The van der Waals surface area contributed by atoms with E-state index in [0.717, 1.165) is 23.6 Å². The van der Waals surface area contributed by atoms with Gasteiger partial charge in [-0.15, -0.1) is 0 Å². The molecular weight excluding hydrogens is 248 g/mol. The smallest absolute Gasteiger partial charge is 0.0755 e. The van der Waals surface area contributed by atoms with Crippen molar-refractivity contribution < 1.29 is 0 Å². The molecule has 108 valence electrons. The van der Waals surface area contributed by atoms with Crippen LogP contribution < -0.4 is 0 Å². The van der Waals surface area contributed by atoms with Gasteiger partial charge in [0.25, 0.3) is 0 Å². The minimum atomic E-state index is 0.409. The summed E-state index contributed by atoms with van der Waals surface area (Å²) in [4.78, 5) is 14.1. The summed E-state index contributed by atoms with van der Waals surface area (Å²) in [5, 5.41) is 0. The zero-order valence-corrected chi connectivity index (χ0v) is 12.3. The Morgan fingerprint density at radius 1 is 1.20 bits per heavy atom. The van der Waals surface area contributed by atoms with E-state index in [4.69, 9.17) is 0 Å². The lowest BCUT2D eigenvalue weighted by Gasteiger charge is -2.34. The highest BCUT2D eigenvalue weighted by atomic mass is 15.3. The molecule has 0 radical (unpaired) electrons. The molecule has 1 aromatic rings. The summed E-state index contributed by atoms with van der Waals surface area (Å²) in [7, 11) is 0. The van der Waals surface area contributed by atoms with Gasteiger partial charge in [0.05, 0.1) is 11.7 Å². The van der Waals surface area contributed by atoms with Crippen LogP contribution in [0.15, 0.2) is 18.6 Å². The van der Waals surface area contributed by atoms with Crippen molar-refractivity contribution in [3.8, 4) is 0 Å². The average molecular weight is 272 g/mol. The van der Waals surface area contributed by atoms with Crippen LogP contribution in [-0.4, -0.2) is 52.0 Å². The molecule has 4 heteroatoms. The highest BCUT2D eigenvalue weighted by Gasteiger charge is 2.48. The molecule has 20 heavy (non-hydrogen) atoms. The van der Waals surface area contributed by atoms with Gasteiger partial charge in [-0.3, -0.25) is 19.8 Å². The summed E-state index contributed by atoms with van der Waals surface area (Å²) >= 11 is 0. The normalized spacial score (nSPS) is 35.8. The van der Waals surface area contributed by atoms with Crippen molar-refractivity contribution in [3.05, 3.63) is 24.3 Å². The van der Waals surface area contributed by atoms with Gasteiger partial charge in [-0.2, -0.15) is 0 Å². The molecule has 3 fully saturated rings. The number of hydrogen-bond acceptors (Lipinski definition) is 4. The summed E-state index contributed by atoms with van der Waals surface area (Å²) in [6.07, 6.45) is 9.76. The molecule has 1 aromatic heterocycles. The number of fused-ring (bicyclic) bond motifs is 3. The number of hydrogen-bond donors (Lipinski definition) is 0. The van der Waals surface area contributed by atoms with Crippen LogP contribution in [-0.2, 0) is 0 Å². The van der Waals surface area contributed by atoms with Crippen LogP contribution in [0.3, 0.4) is 0 Å². The van der Waals surface area contributed by atoms with E-state index >= 15 is 0 Å². The Kier molecular flexibility index (Phi) is 3.23. The first-order valence-corrected chi connectivity index (χ1v) is 8.07. The van der Waals surface area contributed by atoms with Crippen molar-refractivity contribution in [2.24, 2.45) is 11.8 Å². The standard InChI is InChI=1S/C16H24N4/c1-12(15-8-17-5-6-18-15)20-10-13-9-19-7-3-2-4-16(19)14(13)11-20/h5-6,8,12-14,16H,2-4,7,9-11H2,1H3/t12-,13+,14+,16-/m1/s1. The molecule has 3 aliphatic rings. The first-order chi connectivity index (χ1) is 9.83. The number of rotatable bonds is 2. The number of aromatic nitrogens is 2. The van der Waals surface area contributed by atoms with E-state index in [2.05, 4.69) is 26.7 Å². The third-order valence-corrected chi connectivity index (χ3v) is 5.71. The molecule has 4 rings (SSSR count). The molecule has 4 nitrogen and oxygen atoms in total. The van der Waals surface area contributed by atoms with Crippen LogP contribution in [0, 0.1) is 11.8 Å². The van der Waals surface area contributed by atoms with Crippen molar-refractivity contribution >= 4 is 0 Å². The Hall–Kier alpha value is -1.00. The fourth-order valence-corrected chi connectivity index (χ4v) is 4.62. The number of piperidine rings is 1. The summed E-state index contributed by atoms with van der Waals surface area (Å²) in [5.41, 5.74) is 1.12. The fourth-order valence-electron chi connectivity index (χ4n) is 4.62. The maximum atomic E-state index is 4.48. The van der Waals surface area contributed by atoms with Gasteiger partial charge in [0, 0.05) is 44.3 Å². The largest absolute Gasteiger partial charge is 0.300 e. The first kappa shape index (κ1) is 12.7. The highest BCUT2D eigenvalue weighted by molar-refractivity contribution is 5.07. The second-order valence-corrected chi connectivity index (χ2v) is 6.74. The molecule has 4 heterocycles. The van der Waals surface area contributed by atoms with E-state index in [9.17, 15) is 0 Å². The van der Waals surface area contributed by atoms with Crippen molar-refractivity contribution in [3.63, 3.8) is 0 Å². The molecule has 0 amide bonds. The lowest BCUT2D eigenvalue weighted by Crippen LogP contribution is -2.40. The second-order valence-electron chi connectivity index (χ2n) is 6.74. The van der Waals surface area contributed by atoms with E-state index in [1.54, 1.807) is 6.20 Å². The molecular formula is C16H24N4. The maximum Gasteiger partial charge on any atom is 0.0755 e. The van der Waals surface area contributed by atoms with Gasteiger partial charge in [0.2, 0.25) is 0 Å². The Balaban J connectivity index is 1.47. The van der Waals surface area contributed by atoms with Crippen molar-refractivity contribution in [1.29, 1.82) is 0 Å². The maximum absolute atomic E-state index is 4.48. The molecule has 0 aromatic carbocycles. The van der Waals surface area contributed by atoms with Gasteiger partial charge in [-0.05, 0) is 38.1 Å². The van der Waals surface area contributed by atoms with Gasteiger partial charge >= 0.3 is 0 Å². The van der Waals surface area contributed by atoms with Crippen LogP contribution in [0.5, 0.6) is 0 Å². The summed E-state index contributed by atoms with van der Waals surface area (Å²) < 4.78 is 0. The number of nitrogens with zero attached hydrogens (tertiary/aromatic N) is 4. The fraction of sp³-hybridized carbons (Fsp3) is 0.750. The highest BCUT2D eigenvalue weighted by Crippen LogP contribution is 2.42. The van der Waals surface area contributed by atoms with Crippen LogP contribution in [0.25, 0.3) is 0 Å². The van der Waals surface area contributed by atoms with E-state index in [1.165, 1.54) is 45.4 Å². The third kappa shape index (κ3) is 2.06. The Morgan fingerprint density at radius 2 is 2.15 bits per heavy atom. The van der Waals surface area contributed by atoms with Crippen molar-refractivity contribution in [1.82, 2.24) is 19.8 Å². The van der Waals surface area contributed by atoms with E-state index < -0.39 is 0 Å². The molecule has 0 spiro atoms. The average Bonchev–Trinajstić information content (AvgIpc) is 3.05. The van der Waals surface area contributed by atoms with Crippen molar-refractivity contribution in [2.75, 3.05) is 26.2 Å². The van der Waals surface area contributed by atoms with E-state index in [1.807, 2.05) is 12.4 Å². The summed E-state index contributed by atoms with van der Waals surface area (Å²) in [5.74, 6) is 1.78. The van der Waals surface area contributed by atoms with Crippen LogP contribution >= 0.6 is 0 Å². The second kappa shape index (κ2) is 5.08. The lowest BCUT2D eigenvalue weighted by atomic mass is 9.90. The molecule has 3 saturated heterocycles. The molecule has 0 saturated carbocycles. The quantitative estimate of drug-likeness (QED) is 0.824.